The Kier molecular flexibility index (Phi) is 3.33. The molecule has 0 radical (unpaired) electrons. The molecule has 0 saturated carbocycles. The third-order valence-corrected chi connectivity index (χ3v) is 3.72. The fourth-order valence-corrected chi connectivity index (χ4v) is 2.50. The molecule has 0 bridgehead atoms. The van der Waals surface area contributed by atoms with Gasteiger partial charge in [0.2, 0.25) is 0 Å². The number of benzene rings is 1. The molecule has 0 saturated heterocycles. The summed E-state index contributed by atoms with van der Waals surface area (Å²) in [7, 11) is 0. The van der Waals surface area contributed by atoms with Crippen LogP contribution in [0.4, 0.5) is 5.69 Å². The van der Waals surface area contributed by atoms with Gasteiger partial charge in [-0.3, -0.25) is 0 Å². The number of hydrogen-bond donors (Lipinski definition) is 1. The van der Waals surface area contributed by atoms with Gasteiger partial charge in [-0.1, -0.05) is 18.2 Å². The average molecular weight is 270 g/mol. The highest BCUT2D eigenvalue weighted by Crippen LogP contribution is 2.21. The molecule has 0 aliphatic rings. The molecule has 1 N–H and O–H groups in total. The molecule has 0 aliphatic heterocycles. The second-order valence-corrected chi connectivity index (χ2v) is 5.29. The summed E-state index contributed by atoms with van der Waals surface area (Å²) >= 11 is 1.76. The molecule has 3 nitrogen and oxygen atoms in total. The number of aromatic nitrogens is 1. The fraction of sp³-hybridized carbons (Fsp3) is 0.133. The number of thiophene rings is 1. The molecular weight excluding hydrogens is 256 g/mol. The molecule has 19 heavy (non-hydrogen) atoms. The number of rotatable bonds is 4. The van der Waals surface area contributed by atoms with E-state index in [0.717, 1.165) is 23.5 Å². The Hall–Kier alpha value is -2.07. The SMILES string of the molecule is Cc1nc(-c2ccc(NCc3cccs3)cc2)co1. The van der Waals surface area contributed by atoms with Crippen LogP contribution >= 0.6 is 11.3 Å². The van der Waals surface area contributed by atoms with Crippen LogP contribution in [0.15, 0.2) is 52.5 Å². The van der Waals surface area contributed by atoms with E-state index in [-0.39, 0.29) is 0 Å². The minimum absolute atomic E-state index is 0.690. The van der Waals surface area contributed by atoms with Crippen LogP contribution in [-0.4, -0.2) is 4.98 Å². The van der Waals surface area contributed by atoms with Gasteiger partial charge in [0.15, 0.2) is 5.89 Å². The van der Waals surface area contributed by atoms with Crippen LogP contribution in [0, 0.1) is 6.92 Å². The van der Waals surface area contributed by atoms with Crippen molar-refractivity contribution in [1.29, 1.82) is 0 Å². The molecule has 0 fully saturated rings. The number of anilines is 1. The fourth-order valence-electron chi connectivity index (χ4n) is 1.86. The predicted octanol–water partition coefficient (Wildman–Crippen LogP) is 4.32. The molecule has 1 aromatic carbocycles. The Morgan fingerprint density at radius 3 is 2.68 bits per heavy atom. The minimum Gasteiger partial charge on any atom is -0.449 e. The second kappa shape index (κ2) is 5.28. The lowest BCUT2D eigenvalue weighted by atomic mass is 10.1. The van der Waals surface area contributed by atoms with E-state index in [1.54, 1.807) is 17.6 Å². The topological polar surface area (TPSA) is 38.1 Å². The maximum atomic E-state index is 5.22. The molecule has 4 heteroatoms. The number of hydrogen-bond acceptors (Lipinski definition) is 4. The Balaban J connectivity index is 1.69. The summed E-state index contributed by atoms with van der Waals surface area (Å²) in [5.41, 5.74) is 3.05. The van der Waals surface area contributed by atoms with Gasteiger partial charge < -0.3 is 9.73 Å². The zero-order valence-electron chi connectivity index (χ0n) is 10.6. The Morgan fingerprint density at radius 2 is 2.05 bits per heavy atom. The highest BCUT2D eigenvalue weighted by Gasteiger charge is 2.03. The lowest BCUT2D eigenvalue weighted by molar-refractivity contribution is 0.521. The van der Waals surface area contributed by atoms with E-state index >= 15 is 0 Å². The van der Waals surface area contributed by atoms with E-state index in [1.807, 2.05) is 19.1 Å². The van der Waals surface area contributed by atoms with Crippen molar-refractivity contribution in [1.82, 2.24) is 4.98 Å². The average Bonchev–Trinajstić information content (AvgIpc) is 3.08. The molecule has 96 valence electrons. The minimum atomic E-state index is 0.690. The molecule has 0 amide bonds. The molecule has 0 atom stereocenters. The Bertz CT molecular complexity index is 641. The smallest absolute Gasteiger partial charge is 0.191 e. The van der Waals surface area contributed by atoms with Gasteiger partial charge in [0, 0.05) is 29.6 Å². The summed E-state index contributed by atoms with van der Waals surface area (Å²) < 4.78 is 5.22. The first-order valence-electron chi connectivity index (χ1n) is 6.10. The van der Waals surface area contributed by atoms with E-state index in [0.29, 0.717) is 5.89 Å². The van der Waals surface area contributed by atoms with Gasteiger partial charge >= 0.3 is 0 Å². The first kappa shape index (κ1) is 12.0. The number of nitrogens with one attached hydrogen (secondary N) is 1. The van der Waals surface area contributed by atoms with Crippen LogP contribution in [0.5, 0.6) is 0 Å². The van der Waals surface area contributed by atoms with Gasteiger partial charge in [0.25, 0.3) is 0 Å². The van der Waals surface area contributed by atoms with Gasteiger partial charge in [0.05, 0.1) is 0 Å². The van der Waals surface area contributed by atoms with Crippen molar-refractivity contribution >= 4 is 17.0 Å². The van der Waals surface area contributed by atoms with Crippen molar-refractivity contribution in [3.63, 3.8) is 0 Å². The number of nitrogens with zero attached hydrogens (tertiary/aromatic N) is 1. The van der Waals surface area contributed by atoms with Crippen LogP contribution in [0.3, 0.4) is 0 Å². The van der Waals surface area contributed by atoms with E-state index < -0.39 is 0 Å². The molecule has 2 aromatic heterocycles. The largest absolute Gasteiger partial charge is 0.449 e. The third-order valence-electron chi connectivity index (χ3n) is 2.85. The number of aryl methyl sites for hydroxylation is 1. The maximum Gasteiger partial charge on any atom is 0.191 e. The molecule has 0 aliphatic carbocycles. The summed E-state index contributed by atoms with van der Waals surface area (Å²) in [6.45, 7) is 2.71. The number of oxazole rings is 1. The van der Waals surface area contributed by atoms with Gasteiger partial charge in [-0.25, -0.2) is 4.98 Å². The van der Waals surface area contributed by atoms with Gasteiger partial charge in [-0.05, 0) is 23.6 Å². The molecule has 3 rings (SSSR count). The summed E-state index contributed by atoms with van der Waals surface area (Å²) in [5.74, 6) is 0.690. The quantitative estimate of drug-likeness (QED) is 0.767. The van der Waals surface area contributed by atoms with Crippen LogP contribution in [0.25, 0.3) is 11.3 Å². The molecular formula is C15H14N2OS. The van der Waals surface area contributed by atoms with Crippen molar-refractivity contribution in [2.75, 3.05) is 5.32 Å². The van der Waals surface area contributed by atoms with Crippen LogP contribution in [-0.2, 0) is 6.54 Å². The normalized spacial score (nSPS) is 10.6. The van der Waals surface area contributed by atoms with Gasteiger partial charge in [0.1, 0.15) is 12.0 Å². The van der Waals surface area contributed by atoms with Crippen molar-refractivity contribution < 1.29 is 4.42 Å². The lowest BCUT2D eigenvalue weighted by Gasteiger charge is -2.05. The monoisotopic (exact) mass is 270 g/mol. The van der Waals surface area contributed by atoms with Crippen molar-refractivity contribution in [3.8, 4) is 11.3 Å². The summed E-state index contributed by atoms with van der Waals surface area (Å²) in [6.07, 6.45) is 1.68. The highest BCUT2D eigenvalue weighted by molar-refractivity contribution is 7.09. The summed E-state index contributed by atoms with van der Waals surface area (Å²) in [6, 6.07) is 12.4. The van der Waals surface area contributed by atoms with E-state index in [2.05, 4.69) is 39.9 Å². The summed E-state index contributed by atoms with van der Waals surface area (Å²) in [5, 5.41) is 5.49. The van der Waals surface area contributed by atoms with Crippen molar-refractivity contribution in [2.24, 2.45) is 0 Å². The van der Waals surface area contributed by atoms with Crippen LogP contribution in [0.1, 0.15) is 10.8 Å². The van der Waals surface area contributed by atoms with Gasteiger partial charge in [-0.15, -0.1) is 11.3 Å². The lowest BCUT2D eigenvalue weighted by Crippen LogP contribution is -1.96. The molecule has 3 aromatic rings. The van der Waals surface area contributed by atoms with E-state index in [4.69, 9.17) is 4.42 Å². The molecule has 2 heterocycles. The standard InChI is InChI=1S/C15H14N2OS/c1-11-17-15(10-18-11)12-4-6-13(7-5-12)16-9-14-3-2-8-19-14/h2-8,10,16H,9H2,1H3. The first-order chi connectivity index (χ1) is 9.31. The van der Waals surface area contributed by atoms with Crippen molar-refractivity contribution in [3.05, 3.63) is 58.8 Å². The Labute approximate surface area is 115 Å². The van der Waals surface area contributed by atoms with E-state index in [9.17, 15) is 0 Å². The van der Waals surface area contributed by atoms with Gasteiger partial charge in [-0.2, -0.15) is 0 Å². The second-order valence-electron chi connectivity index (χ2n) is 4.26. The zero-order chi connectivity index (χ0) is 13.1. The summed E-state index contributed by atoms with van der Waals surface area (Å²) in [4.78, 5) is 5.64. The van der Waals surface area contributed by atoms with Crippen molar-refractivity contribution in [2.45, 2.75) is 13.5 Å². The highest BCUT2D eigenvalue weighted by atomic mass is 32.1. The first-order valence-corrected chi connectivity index (χ1v) is 6.98. The molecule has 0 unspecified atom stereocenters. The van der Waals surface area contributed by atoms with Crippen LogP contribution < -0.4 is 5.32 Å². The predicted molar refractivity (Wildman–Crippen MR) is 78.3 cm³/mol. The Morgan fingerprint density at radius 1 is 1.21 bits per heavy atom. The zero-order valence-corrected chi connectivity index (χ0v) is 11.4. The third kappa shape index (κ3) is 2.85. The van der Waals surface area contributed by atoms with E-state index in [1.165, 1.54) is 4.88 Å². The van der Waals surface area contributed by atoms with Crippen LogP contribution in [0.2, 0.25) is 0 Å². The molecule has 0 spiro atoms. The maximum absolute atomic E-state index is 5.22.